The molecule has 0 unspecified atom stereocenters. The van der Waals surface area contributed by atoms with Crippen LogP contribution in [0, 0.1) is 6.92 Å². The SMILES string of the molecule is Cc1c2cnccc2c(C=O)c2[nH]c3ccccc3c12. The zero-order valence-corrected chi connectivity index (χ0v) is 11.0. The third-order valence-electron chi connectivity index (χ3n) is 3.98. The number of fused-ring (bicyclic) bond motifs is 4. The molecular weight excluding hydrogens is 248 g/mol. The first-order chi connectivity index (χ1) is 9.81. The maximum atomic E-state index is 11.6. The third-order valence-corrected chi connectivity index (χ3v) is 3.98. The van der Waals surface area contributed by atoms with Crippen molar-refractivity contribution >= 4 is 38.9 Å². The summed E-state index contributed by atoms with van der Waals surface area (Å²) in [5.74, 6) is 0. The number of hydrogen-bond acceptors (Lipinski definition) is 2. The fraction of sp³-hybridized carbons (Fsp3) is 0.0588. The smallest absolute Gasteiger partial charge is 0.152 e. The molecule has 0 bridgehead atoms. The van der Waals surface area contributed by atoms with Crippen molar-refractivity contribution < 1.29 is 4.79 Å². The summed E-state index contributed by atoms with van der Waals surface area (Å²) < 4.78 is 0. The predicted molar refractivity (Wildman–Crippen MR) is 81.2 cm³/mol. The average molecular weight is 260 g/mol. The second kappa shape index (κ2) is 3.90. The summed E-state index contributed by atoms with van der Waals surface area (Å²) in [5.41, 5.74) is 3.83. The van der Waals surface area contributed by atoms with Crippen LogP contribution in [0.25, 0.3) is 32.6 Å². The summed E-state index contributed by atoms with van der Waals surface area (Å²) in [5, 5.41) is 4.25. The molecule has 0 aliphatic carbocycles. The Morgan fingerprint density at radius 3 is 2.80 bits per heavy atom. The van der Waals surface area contributed by atoms with E-state index >= 15 is 0 Å². The molecule has 4 rings (SSSR count). The van der Waals surface area contributed by atoms with Crippen LogP contribution in [-0.2, 0) is 0 Å². The molecule has 0 saturated carbocycles. The molecule has 0 aliphatic rings. The molecule has 4 aromatic rings. The molecule has 2 aromatic heterocycles. The van der Waals surface area contributed by atoms with Crippen molar-refractivity contribution in [3.8, 4) is 0 Å². The second-order valence-corrected chi connectivity index (χ2v) is 5.00. The molecule has 0 radical (unpaired) electrons. The lowest BCUT2D eigenvalue weighted by Crippen LogP contribution is -1.90. The number of hydrogen-bond donors (Lipinski definition) is 1. The molecular formula is C17H12N2O. The van der Waals surface area contributed by atoms with Crippen LogP contribution in [0.3, 0.4) is 0 Å². The summed E-state index contributed by atoms with van der Waals surface area (Å²) in [6.45, 7) is 2.08. The van der Waals surface area contributed by atoms with E-state index in [1.807, 2.05) is 30.5 Å². The van der Waals surface area contributed by atoms with Crippen LogP contribution in [0.4, 0.5) is 0 Å². The zero-order chi connectivity index (χ0) is 13.7. The topological polar surface area (TPSA) is 45.8 Å². The largest absolute Gasteiger partial charge is 0.354 e. The van der Waals surface area contributed by atoms with Gasteiger partial charge in [-0.2, -0.15) is 0 Å². The Hall–Kier alpha value is -2.68. The number of carbonyl (C=O) groups excluding carboxylic acids is 1. The molecule has 0 aliphatic heterocycles. The van der Waals surface area contributed by atoms with Gasteiger partial charge in [0.25, 0.3) is 0 Å². The zero-order valence-electron chi connectivity index (χ0n) is 11.0. The molecule has 0 saturated heterocycles. The number of para-hydroxylation sites is 1. The molecule has 0 atom stereocenters. The van der Waals surface area contributed by atoms with Crippen molar-refractivity contribution in [2.24, 2.45) is 0 Å². The Labute approximate surface area is 115 Å². The Bertz CT molecular complexity index is 982. The molecule has 96 valence electrons. The van der Waals surface area contributed by atoms with Gasteiger partial charge in [-0.3, -0.25) is 9.78 Å². The highest BCUT2D eigenvalue weighted by atomic mass is 16.1. The lowest BCUT2D eigenvalue weighted by Gasteiger charge is -2.07. The number of nitrogens with zero attached hydrogens (tertiary/aromatic N) is 1. The summed E-state index contributed by atoms with van der Waals surface area (Å²) in [6, 6.07) is 10.0. The van der Waals surface area contributed by atoms with Crippen LogP contribution in [0.2, 0.25) is 0 Å². The molecule has 0 fully saturated rings. The van der Waals surface area contributed by atoms with Gasteiger partial charge in [0.15, 0.2) is 6.29 Å². The number of aryl methyl sites for hydroxylation is 1. The van der Waals surface area contributed by atoms with Gasteiger partial charge in [0, 0.05) is 39.6 Å². The lowest BCUT2D eigenvalue weighted by molar-refractivity contribution is 0.112. The molecule has 0 spiro atoms. The van der Waals surface area contributed by atoms with Crippen molar-refractivity contribution in [2.75, 3.05) is 0 Å². The number of benzene rings is 2. The highest BCUT2D eigenvalue weighted by Gasteiger charge is 2.15. The van der Waals surface area contributed by atoms with Gasteiger partial charge in [0.05, 0.1) is 5.52 Å². The number of rotatable bonds is 1. The number of aromatic amines is 1. The van der Waals surface area contributed by atoms with E-state index in [0.29, 0.717) is 5.56 Å². The Kier molecular flexibility index (Phi) is 2.18. The minimum Gasteiger partial charge on any atom is -0.354 e. The third kappa shape index (κ3) is 1.29. The fourth-order valence-corrected chi connectivity index (χ4v) is 3.05. The van der Waals surface area contributed by atoms with Crippen molar-refractivity contribution in [1.82, 2.24) is 9.97 Å². The number of nitrogens with one attached hydrogen (secondary N) is 1. The van der Waals surface area contributed by atoms with Crippen LogP contribution in [0.1, 0.15) is 15.9 Å². The van der Waals surface area contributed by atoms with Crippen molar-refractivity contribution in [1.29, 1.82) is 0 Å². The van der Waals surface area contributed by atoms with Crippen LogP contribution in [0.5, 0.6) is 0 Å². The summed E-state index contributed by atoms with van der Waals surface area (Å²) >= 11 is 0. The standard InChI is InChI=1S/C17H12N2O/c1-10-13-8-18-7-6-11(13)14(9-20)17-16(10)12-4-2-3-5-15(12)19-17/h2-9,19H,1H3. The first kappa shape index (κ1) is 11.2. The van der Waals surface area contributed by atoms with E-state index in [1.54, 1.807) is 6.20 Å². The molecule has 20 heavy (non-hydrogen) atoms. The second-order valence-electron chi connectivity index (χ2n) is 5.00. The van der Waals surface area contributed by atoms with Crippen molar-refractivity contribution in [3.05, 3.63) is 53.9 Å². The van der Waals surface area contributed by atoms with Crippen molar-refractivity contribution in [3.63, 3.8) is 0 Å². The Morgan fingerprint density at radius 1 is 1.10 bits per heavy atom. The van der Waals surface area contributed by atoms with E-state index in [2.05, 4.69) is 23.0 Å². The van der Waals surface area contributed by atoms with E-state index in [0.717, 1.165) is 44.4 Å². The molecule has 3 nitrogen and oxygen atoms in total. The number of aromatic nitrogens is 2. The van der Waals surface area contributed by atoms with Crippen LogP contribution >= 0.6 is 0 Å². The Balaban J connectivity index is 2.41. The quantitative estimate of drug-likeness (QED) is 0.526. The molecule has 1 N–H and O–H groups in total. The maximum absolute atomic E-state index is 11.6. The molecule has 0 amide bonds. The van der Waals surface area contributed by atoms with Crippen molar-refractivity contribution in [2.45, 2.75) is 6.92 Å². The average Bonchev–Trinajstić information content (AvgIpc) is 2.87. The van der Waals surface area contributed by atoms with Crippen LogP contribution in [-0.4, -0.2) is 16.3 Å². The number of aldehydes is 1. The predicted octanol–water partition coefficient (Wildman–Crippen LogP) is 3.99. The fourth-order valence-electron chi connectivity index (χ4n) is 3.05. The van der Waals surface area contributed by atoms with Gasteiger partial charge in [-0.1, -0.05) is 18.2 Å². The van der Waals surface area contributed by atoms with Gasteiger partial charge < -0.3 is 4.98 Å². The van der Waals surface area contributed by atoms with Gasteiger partial charge in [0.1, 0.15) is 0 Å². The minimum absolute atomic E-state index is 0.708. The van der Waals surface area contributed by atoms with E-state index < -0.39 is 0 Å². The van der Waals surface area contributed by atoms with Gasteiger partial charge in [-0.15, -0.1) is 0 Å². The highest BCUT2D eigenvalue weighted by Crippen LogP contribution is 2.35. The molecule has 3 heteroatoms. The van der Waals surface area contributed by atoms with Gasteiger partial charge in [-0.05, 0) is 30.0 Å². The number of pyridine rings is 1. The normalized spacial score (nSPS) is 11.4. The van der Waals surface area contributed by atoms with E-state index in [9.17, 15) is 4.79 Å². The van der Waals surface area contributed by atoms with Crippen LogP contribution in [0.15, 0.2) is 42.7 Å². The Morgan fingerprint density at radius 2 is 1.95 bits per heavy atom. The summed E-state index contributed by atoms with van der Waals surface area (Å²) in [6.07, 6.45) is 4.49. The number of H-pyrrole nitrogens is 1. The van der Waals surface area contributed by atoms with Gasteiger partial charge in [-0.25, -0.2) is 0 Å². The van der Waals surface area contributed by atoms with E-state index in [-0.39, 0.29) is 0 Å². The van der Waals surface area contributed by atoms with E-state index in [4.69, 9.17) is 0 Å². The first-order valence-corrected chi connectivity index (χ1v) is 6.53. The number of carbonyl (C=O) groups is 1. The lowest BCUT2D eigenvalue weighted by atomic mass is 9.97. The van der Waals surface area contributed by atoms with Crippen LogP contribution < -0.4 is 0 Å². The monoisotopic (exact) mass is 260 g/mol. The molecule has 2 aromatic carbocycles. The van der Waals surface area contributed by atoms with Gasteiger partial charge >= 0.3 is 0 Å². The first-order valence-electron chi connectivity index (χ1n) is 6.53. The molecule has 2 heterocycles. The van der Waals surface area contributed by atoms with Gasteiger partial charge in [0.2, 0.25) is 0 Å². The summed E-state index contributed by atoms with van der Waals surface area (Å²) in [7, 11) is 0. The summed E-state index contributed by atoms with van der Waals surface area (Å²) in [4.78, 5) is 19.2. The maximum Gasteiger partial charge on any atom is 0.152 e. The minimum atomic E-state index is 0.708. The van der Waals surface area contributed by atoms with E-state index in [1.165, 1.54) is 0 Å². The highest BCUT2D eigenvalue weighted by molar-refractivity contribution is 6.21.